The van der Waals surface area contributed by atoms with E-state index in [0.29, 0.717) is 36.5 Å². The largest absolute Gasteiger partial charge is 0.354 e. The van der Waals surface area contributed by atoms with Gasteiger partial charge in [0.1, 0.15) is 17.2 Å². The van der Waals surface area contributed by atoms with E-state index in [1.54, 1.807) is 10.8 Å². The van der Waals surface area contributed by atoms with E-state index in [0.717, 1.165) is 44.0 Å². The zero-order valence-corrected chi connectivity index (χ0v) is 17.9. The predicted molar refractivity (Wildman–Crippen MR) is 118 cm³/mol. The first-order valence-corrected chi connectivity index (χ1v) is 10.7. The summed E-state index contributed by atoms with van der Waals surface area (Å²) in [6.07, 6.45) is 3.27. The van der Waals surface area contributed by atoms with Crippen molar-refractivity contribution < 1.29 is 0 Å². The lowest BCUT2D eigenvalue weighted by molar-refractivity contribution is 0.312. The number of H-pyrrole nitrogens is 1. The Morgan fingerprint density at radius 1 is 1.00 bits per heavy atom. The van der Waals surface area contributed by atoms with Crippen molar-refractivity contribution in [2.24, 2.45) is 0 Å². The van der Waals surface area contributed by atoms with Crippen LogP contribution in [0, 0.1) is 0 Å². The maximum Gasteiger partial charge on any atom is 0.332 e. The number of pyridine rings is 1. The van der Waals surface area contributed by atoms with Crippen LogP contribution in [0.25, 0.3) is 22.6 Å². The molecule has 1 saturated heterocycles. The highest BCUT2D eigenvalue weighted by Crippen LogP contribution is 2.21. The average molecular weight is 412 g/mol. The Balaban J connectivity index is 1.73. The van der Waals surface area contributed by atoms with E-state index in [1.807, 2.05) is 26.0 Å². The number of likely N-dealkylation sites (N-methyl/N-ethyl adjacent to an activating group) is 1. The standard InChI is InChI=1S/C21H29N7O2/c1-4-8-27-19-17(20(29)28(9-5-2)21(27)30)23-18(24-19)15-6-7-16(22-14-15)26-12-10-25(3)11-13-26/h6-7,14H,4-5,8-13H2,1-3H3,(H,23,24). The van der Waals surface area contributed by atoms with Crippen LogP contribution in [-0.4, -0.2) is 62.2 Å². The molecular weight excluding hydrogens is 382 g/mol. The Morgan fingerprint density at radius 2 is 1.70 bits per heavy atom. The number of hydrogen-bond donors (Lipinski definition) is 1. The van der Waals surface area contributed by atoms with E-state index in [1.165, 1.54) is 4.57 Å². The number of hydrogen-bond acceptors (Lipinski definition) is 6. The van der Waals surface area contributed by atoms with E-state index in [4.69, 9.17) is 0 Å². The molecule has 3 aromatic heterocycles. The van der Waals surface area contributed by atoms with Crippen LogP contribution < -0.4 is 16.1 Å². The Kier molecular flexibility index (Phi) is 5.72. The third-order valence-corrected chi connectivity index (χ3v) is 5.60. The molecule has 0 unspecified atom stereocenters. The van der Waals surface area contributed by atoms with Crippen molar-refractivity contribution in [3.8, 4) is 11.4 Å². The van der Waals surface area contributed by atoms with Crippen molar-refractivity contribution in [3.05, 3.63) is 39.2 Å². The topological polar surface area (TPSA) is 92.1 Å². The van der Waals surface area contributed by atoms with Gasteiger partial charge in [-0.2, -0.15) is 0 Å². The van der Waals surface area contributed by atoms with Gasteiger partial charge in [0.15, 0.2) is 5.65 Å². The normalized spacial score (nSPS) is 15.2. The lowest BCUT2D eigenvalue weighted by Crippen LogP contribution is -2.44. The van der Waals surface area contributed by atoms with Crippen LogP contribution >= 0.6 is 0 Å². The third-order valence-electron chi connectivity index (χ3n) is 5.60. The molecule has 0 spiro atoms. The van der Waals surface area contributed by atoms with E-state index in [-0.39, 0.29) is 11.2 Å². The van der Waals surface area contributed by atoms with Crippen LogP contribution in [-0.2, 0) is 13.1 Å². The lowest BCUT2D eigenvalue weighted by atomic mass is 10.2. The van der Waals surface area contributed by atoms with E-state index in [9.17, 15) is 9.59 Å². The van der Waals surface area contributed by atoms with Gasteiger partial charge >= 0.3 is 5.69 Å². The second-order valence-corrected chi connectivity index (χ2v) is 7.87. The van der Waals surface area contributed by atoms with Crippen LogP contribution in [0.15, 0.2) is 27.9 Å². The van der Waals surface area contributed by atoms with E-state index < -0.39 is 0 Å². The Morgan fingerprint density at radius 3 is 2.33 bits per heavy atom. The lowest BCUT2D eigenvalue weighted by Gasteiger charge is -2.33. The number of piperazine rings is 1. The smallest absolute Gasteiger partial charge is 0.332 e. The molecule has 30 heavy (non-hydrogen) atoms. The molecule has 9 nitrogen and oxygen atoms in total. The maximum atomic E-state index is 12.9. The fraction of sp³-hybridized carbons (Fsp3) is 0.524. The summed E-state index contributed by atoms with van der Waals surface area (Å²) in [4.78, 5) is 42.6. The van der Waals surface area contributed by atoms with Crippen LogP contribution in [0.4, 0.5) is 5.82 Å². The SMILES string of the molecule is CCCn1c(=O)c2[nH]c(-c3ccc(N4CCN(C)CC4)nc3)nc2n(CCC)c1=O. The van der Waals surface area contributed by atoms with Gasteiger partial charge in [0.05, 0.1) is 0 Å². The van der Waals surface area contributed by atoms with Gasteiger partial charge in [0.2, 0.25) is 0 Å². The van der Waals surface area contributed by atoms with Gasteiger partial charge in [-0.25, -0.2) is 14.8 Å². The highest BCUT2D eigenvalue weighted by Gasteiger charge is 2.19. The average Bonchev–Trinajstić information content (AvgIpc) is 3.20. The number of rotatable bonds is 6. The Labute approximate surface area is 175 Å². The van der Waals surface area contributed by atoms with Gasteiger partial charge < -0.3 is 14.8 Å². The zero-order valence-electron chi connectivity index (χ0n) is 17.9. The molecule has 1 aliphatic rings. The van der Waals surface area contributed by atoms with E-state index >= 15 is 0 Å². The van der Waals surface area contributed by atoms with Gasteiger partial charge in [-0.05, 0) is 32.0 Å². The summed E-state index contributed by atoms with van der Waals surface area (Å²) >= 11 is 0. The first kappa shape index (κ1) is 20.3. The number of aromatic nitrogens is 5. The van der Waals surface area contributed by atoms with Gasteiger partial charge in [-0.15, -0.1) is 0 Å². The number of anilines is 1. The molecule has 0 aromatic carbocycles. The Bertz CT molecular complexity index is 1140. The van der Waals surface area contributed by atoms with Gasteiger partial charge in [-0.1, -0.05) is 13.8 Å². The number of fused-ring (bicyclic) bond motifs is 1. The van der Waals surface area contributed by atoms with Crippen LogP contribution in [0.5, 0.6) is 0 Å². The molecule has 9 heteroatoms. The summed E-state index contributed by atoms with van der Waals surface area (Å²) < 4.78 is 2.90. The minimum Gasteiger partial charge on any atom is -0.354 e. The quantitative estimate of drug-likeness (QED) is 0.661. The fourth-order valence-corrected chi connectivity index (χ4v) is 3.90. The molecule has 0 radical (unpaired) electrons. The molecule has 0 amide bonds. The molecule has 1 N–H and O–H groups in total. The van der Waals surface area contributed by atoms with Gasteiger partial charge in [-0.3, -0.25) is 13.9 Å². The molecule has 1 fully saturated rings. The summed E-state index contributed by atoms with van der Waals surface area (Å²) in [6.45, 7) is 8.81. The summed E-state index contributed by atoms with van der Waals surface area (Å²) in [5.74, 6) is 1.49. The van der Waals surface area contributed by atoms with Crippen LogP contribution in [0.3, 0.4) is 0 Å². The number of nitrogens with zero attached hydrogens (tertiary/aromatic N) is 6. The molecule has 1 aliphatic heterocycles. The minimum absolute atomic E-state index is 0.294. The van der Waals surface area contributed by atoms with Crippen molar-refractivity contribution >= 4 is 17.0 Å². The minimum atomic E-state index is -0.315. The number of imidazole rings is 1. The van der Waals surface area contributed by atoms with Crippen LogP contribution in [0.1, 0.15) is 26.7 Å². The first-order valence-electron chi connectivity index (χ1n) is 10.7. The van der Waals surface area contributed by atoms with Gasteiger partial charge in [0.25, 0.3) is 5.56 Å². The first-order chi connectivity index (χ1) is 14.5. The Hall–Kier alpha value is -2.94. The van der Waals surface area contributed by atoms with Crippen molar-refractivity contribution in [1.82, 2.24) is 29.0 Å². The number of aryl methyl sites for hydroxylation is 1. The van der Waals surface area contributed by atoms with Crippen molar-refractivity contribution in [1.29, 1.82) is 0 Å². The van der Waals surface area contributed by atoms with Crippen molar-refractivity contribution in [2.75, 3.05) is 38.1 Å². The molecule has 4 heterocycles. The summed E-state index contributed by atoms with van der Waals surface area (Å²) in [5.41, 5.74) is 0.968. The van der Waals surface area contributed by atoms with Gasteiger partial charge in [0, 0.05) is 51.0 Å². The fourth-order valence-electron chi connectivity index (χ4n) is 3.90. The van der Waals surface area contributed by atoms with Crippen molar-refractivity contribution in [2.45, 2.75) is 39.8 Å². The summed E-state index contributed by atoms with van der Waals surface area (Å²) in [5, 5.41) is 0. The molecule has 0 saturated carbocycles. The second kappa shape index (κ2) is 8.43. The molecular formula is C21H29N7O2. The number of aromatic amines is 1. The molecule has 0 atom stereocenters. The van der Waals surface area contributed by atoms with Crippen molar-refractivity contribution in [3.63, 3.8) is 0 Å². The third kappa shape index (κ3) is 3.65. The number of nitrogens with one attached hydrogen (secondary N) is 1. The zero-order chi connectivity index (χ0) is 21.3. The maximum absolute atomic E-state index is 12.9. The molecule has 160 valence electrons. The predicted octanol–water partition coefficient (Wildman–Crippen LogP) is 1.52. The van der Waals surface area contributed by atoms with Crippen LogP contribution in [0.2, 0.25) is 0 Å². The summed E-state index contributed by atoms with van der Waals surface area (Å²) in [6, 6.07) is 3.95. The highest BCUT2D eigenvalue weighted by molar-refractivity contribution is 5.75. The molecule has 0 aliphatic carbocycles. The molecule has 3 aromatic rings. The summed E-state index contributed by atoms with van der Waals surface area (Å²) in [7, 11) is 2.13. The molecule has 0 bridgehead atoms. The molecule has 4 rings (SSSR count). The second-order valence-electron chi connectivity index (χ2n) is 7.87. The monoisotopic (exact) mass is 411 g/mol. The van der Waals surface area contributed by atoms with E-state index in [2.05, 4.69) is 31.8 Å². The highest BCUT2D eigenvalue weighted by atomic mass is 16.2.